The van der Waals surface area contributed by atoms with Crippen LogP contribution in [0.25, 0.3) is 0 Å². The van der Waals surface area contributed by atoms with Crippen LogP contribution in [-0.2, 0) is 0 Å². The van der Waals surface area contributed by atoms with Crippen molar-refractivity contribution in [2.45, 2.75) is 45.3 Å². The second-order valence-electron chi connectivity index (χ2n) is 7.76. The van der Waals surface area contributed by atoms with Crippen LogP contribution in [0, 0.1) is 19.8 Å². The molecule has 140 valence electrons. The summed E-state index contributed by atoms with van der Waals surface area (Å²) in [7, 11) is 0. The molecule has 3 rings (SSSR count). The first-order chi connectivity index (χ1) is 12.1. The van der Waals surface area contributed by atoms with Gasteiger partial charge in [-0.25, -0.2) is 5.43 Å². The van der Waals surface area contributed by atoms with Gasteiger partial charge in [0, 0.05) is 25.6 Å². The highest BCUT2D eigenvalue weighted by molar-refractivity contribution is 5.32. The smallest absolute Gasteiger partial charge is 0.0667 e. The van der Waals surface area contributed by atoms with Gasteiger partial charge in [-0.15, -0.1) is 0 Å². The molecule has 3 unspecified atom stereocenters. The molecular weight excluding hydrogens is 312 g/mol. The number of aliphatic hydroxyl groups is 1. The second kappa shape index (κ2) is 9.10. The molecule has 5 heteroatoms. The highest BCUT2D eigenvalue weighted by atomic mass is 16.3. The van der Waals surface area contributed by atoms with Crippen molar-refractivity contribution in [1.82, 2.24) is 21.1 Å². The molecule has 0 aliphatic carbocycles. The van der Waals surface area contributed by atoms with E-state index < -0.39 is 0 Å². The van der Waals surface area contributed by atoms with Gasteiger partial charge in [-0.05, 0) is 69.4 Å². The molecule has 3 atom stereocenters. The van der Waals surface area contributed by atoms with Crippen LogP contribution in [0.1, 0.15) is 42.0 Å². The van der Waals surface area contributed by atoms with E-state index in [1.54, 1.807) is 0 Å². The van der Waals surface area contributed by atoms with Gasteiger partial charge in [0.05, 0.1) is 12.1 Å². The zero-order valence-electron chi connectivity index (χ0n) is 15.7. The predicted molar refractivity (Wildman–Crippen MR) is 102 cm³/mol. The van der Waals surface area contributed by atoms with Gasteiger partial charge in [-0.3, -0.25) is 5.43 Å². The van der Waals surface area contributed by atoms with Crippen LogP contribution in [0.5, 0.6) is 0 Å². The Kier molecular flexibility index (Phi) is 6.84. The van der Waals surface area contributed by atoms with Crippen molar-refractivity contribution in [3.05, 3.63) is 34.9 Å². The topological polar surface area (TPSA) is 59.6 Å². The minimum absolute atomic E-state index is 0.115. The van der Waals surface area contributed by atoms with Crippen LogP contribution in [0.2, 0.25) is 0 Å². The number of nitrogens with one attached hydrogen (secondary N) is 3. The number of benzene rings is 1. The van der Waals surface area contributed by atoms with Gasteiger partial charge in [0.25, 0.3) is 0 Å². The zero-order chi connectivity index (χ0) is 17.6. The van der Waals surface area contributed by atoms with Gasteiger partial charge in [-0.2, -0.15) is 0 Å². The first-order valence-corrected chi connectivity index (χ1v) is 9.80. The van der Waals surface area contributed by atoms with E-state index in [0.717, 1.165) is 58.5 Å². The zero-order valence-corrected chi connectivity index (χ0v) is 15.7. The Morgan fingerprint density at radius 2 is 2.16 bits per heavy atom. The summed E-state index contributed by atoms with van der Waals surface area (Å²) in [6, 6.07) is 7.17. The van der Waals surface area contributed by atoms with E-state index in [0.29, 0.717) is 12.0 Å². The van der Waals surface area contributed by atoms with Gasteiger partial charge in [0.15, 0.2) is 0 Å². The van der Waals surface area contributed by atoms with Crippen LogP contribution in [0.15, 0.2) is 18.2 Å². The normalized spacial score (nSPS) is 27.7. The summed E-state index contributed by atoms with van der Waals surface area (Å²) in [5.74, 6) is 0.568. The Hall–Kier alpha value is -0.980. The third-order valence-electron chi connectivity index (χ3n) is 5.70. The van der Waals surface area contributed by atoms with E-state index in [1.807, 2.05) is 0 Å². The van der Waals surface area contributed by atoms with Crippen molar-refractivity contribution in [3.8, 4) is 0 Å². The standard InChI is InChI=1S/C20H34N4O/c1-15-6-7-17(11-16(15)2)20-18(13-22-23-20)12-21-8-4-10-24-9-3-5-19(25)14-24/h6-7,11,18-23,25H,3-5,8-10,12-14H2,1-2H3. The van der Waals surface area contributed by atoms with Crippen LogP contribution >= 0.6 is 0 Å². The first-order valence-electron chi connectivity index (χ1n) is 9.80. The number of rotatable bonds is 7. The molecule has 0 saturated carbocycles. The summed E-state index contributed by atoms with van der Waals surface area (Å²) in [6.45, 7) is 10.5. The average molecular weight is 347 g/mol. The van der Waals surface area contributed by atoms with E-state index in [2.05, 4.69) is 53.1 Å². The van der Waals surface area contributed by atoms with E-state index in [9.17, 15) is 5.11 Å². The number of piperidine rings is 1. The molecule has 0 bridgehead atoms. The third-order valence-corrected chi connectivity index (χ3v) is 5.70. The summed E-state index contributed by atoms with van der Waals surface area (Å²) in [4.78, 5) is 2.40. The Balaban J connectivity index is 1.39. The Morgan fingerprint density at radius 3 is 2.96 bits per heavy atom. The maximum absolute atomic E-state index is 9.73. The van der Waals surface area contributed by atoms with Crippen LogP contribution in [-0.4, -0.2) is 55.4 Å². The molecule has 0 spiro atoms. The molecule has 0 amide bonds. The summed E-state index contributed by atoms with van der Waals surface area (Å²) < 4.78 is 0. The molecule has 5 nitrogen and oxygen atoms in total. The molecule has 2 aliphatic heterocycles. The maximum Gasteiger partial charge on any atom is 0.0667 e. The number of β-amino-alcohol motifs (C(OH)–C–C–N with tert-alkyl or cyclic N) is 1. The molecule has 2 saturated heterocycles. The fourth-order valence-electron chi connectivity index (χ4n) is 3.99. The highest BCUT2D eigenvalue weighted by Crippen LogP contribution is 2.26. The molecule has 0 radical (unpaired) electrons. The fraction of sp³-hybridized carbons (Fsp3) is 0.700. The Labute approximate surface area is 152 Å². The molecule has 1 aromatic rings. The number of hydrogen-bond acceptors (Lipinski definition) is 5. The number of hydrazine groups is 1. The van der Waals surface area contributed by atoms with Crippen molar-refractivity contribution < 1.29 is 5.11 Å². The van der Waals surface area contributed by atoms with Gasteiger partial charge >= 0.3 is 0 Å². The molecule has 2 fully saturated rings. The lowest BCUT2D eigenvalue weighted by Crippen LogP contribution is -2.39. The number of likely N-dealkylation sites (tertiary alicyclic amines) is 1. The molecule has 2 aliphatic rings. The van der Waals surface area contributed by atoms with Crippen molar-refractivity contribution in [3.63, 3.8) is 0 Å². The quantitative estimate of drug-likeness (QED) is 0.564. The lowest BCUT2D eigenvalue weighted by atomic mass is 9.92. The van der Waals surface area contributed by atoms with Crippen LogP contribution in [0.4, 0.5) is 0 Å². The number of nitrogens with zero attached hydrogens (tertiary/aromatic N) is 1. The number of aliphatic hydroxyl groups excluding tert-OH is 1. The van der Waals surface area contributed by atoms with Gasteiger partial charge in [-0.1, -0.05) is 18.2 Å². The number of aryl methyl sites for hydroxylation is 2. The minimum Gasteiger partial charge on any atom is -0.392 e. The Morgan fingerprint density at radius 1 is 1.28 bits per heavy atom. The lowest BCUT2D eigenvalue weighted by molar-refractivity contribution is 0.0701. The molecule has 4 N–H and O–H groups in total. The van der Waals surface area contributed by atoms with E-state index >= 15 is 0 Å². The molecular formula is C20H34N4O. The highest BCUT2D eigenvalue weighted by Gasteiger charge is 2.27. The monoisotopic (exact) mass is 346 g/mol. The van der Waals surface area contributed by atoms with Gasteiger partial charge < -0.3 is 15.3 Å². The molecule has 1 aromatic carbocycles. The molecule has 0 aromatic heterocycles. The van der Waals surface area contributed by atoms with E-state index in [4.69, 9.17) is 0 Å². The van der Waals surface area contributed by atoms with E-state index in [1.165, 1.54) is 16.7 Å². The van der Waals surface area contributed by atoms with Crippen LogP contribution < -0.4 is 16.2 Å². The molecule has 2 heterocycles. The fourth-order valence-corrected chi connectivity index (χ4v) is 3.99. The number of hydrogen-bond donors (Lipinski definition) is 4. The van der Waals surface area contributed by atoms with Gasteiger partial charge in [0.2, 0.25) is 0 Å². The van der Waals surface area contributed by atoms with Gasteiger partial charge in [0.1, 0.15) is 0 Å². The SMILES string of the molecule is Cc1ccc(C2NNCC2CNCCCN2CCCC(O)C2)cc1C. The largest absolute Gasteiger partial charge is 0.392 e. The predicted octanol–water partition coefficient (Wildman–Crippen LogP) is 1.50. The van der Waals surface area contributed by atoms with E-state index in [-0.39, 0.29) is 6.10 Å². The summed E-state index contributed by atoms with van der Waals surface area (Å²) in [5, 5.41) is 13.4. The Bertz CT molecular complexity index is 550. The third kappa shape index (κ3) is 5.25. The summed E-state index contributed by atoms with van der Waals surface area (Å²) >= 11 is 0. The summed E-state index contributed by atoms with van der Waals surface area (Å²) in [6.07, 6.45) is 3.13. The average Bonchev–Trinajstić information content (AvgIpc) is 3.06. The second-order valence-corrected chi connectivity index (χ2v) is 7.76. The minimum atomic E-state index is -0.115. The van der Waals surface area contributed by atoms with Crippen molar-refractivity contribution in [2.24, 2.45) is 5.92 Å². The van der Waals surface area contributed by atoms with Crippen LogP contribution in [0.3, 0.4) is 0 Å². The maximum atomic E-state index is 9.73. The van der Waals surface area contributed by atoms with Crippen molar-refractivity contribution in [1.29, 1.82) is 0 Å². The van der Waals surface area contributed by atoms with Crippen molar-refractivity contribution >= 4 is 0 Å². The molecule has 25 heavy (non-hydrogen) atoms. The first kappa shape index (κ1) is 18.8. The lowest BCUT2D eigenvalue weighted by Gasteiger charge is -2.30. The van der Waals surface area contributed by atoms with Crippen molar-refractivity contribution in [2.75, 3.05) is 39.3 Å². The summed E-state index contributed by atoms with van der Waals surface area (Å²) in [5.41, 5.74) is 10.9.